The molecule has 6 nitrogen and oxygen atoms in total. The Bertz CT molecular complexity index is 487. The summed E-state index contributed by atoms with van der Waals surface area (Å²) in [5.74, 6) is 0.363. The van der Waals surface area contributed by atoms with Crippen molar-refractivity contribution in [3.05, 3.63) is 24.3 Å². The Morgan fingerprint density at radius 1 is 1.13 bits per heavy atom. The number of halogens is 2. The molecule has 2 fully saturated rings. The van der Waals surface area contributed by atoms with Crippen LogP contribution in [0, 0.1) is 0 Å². The summed E-state index contributed by atoms with van der Waals surface area (Å²) in [6.07, 6.45) is -0.334. The molecule has 23 heavy (non-hydrogen) atoms. The van der Waals surface area contributed by atoms with Crippen LogP contribution in [-0.4, -0.2) is 67.9 Å². The van der Waals surface area contributed by atoms with Crippen LogP contribution in [0.5, 0.6) is 5.75 Å². The normalized spacial score (nSPS) is 21.1. The average molecular weight is 364 g/mol. The van der Waals surface area contributed by atoms with Gasteiger partial charge in [0.2, 0.25) is 0 Å². The predicted molar refractivity (Wildman–Crippen MR) is 94.0 cm³/mol. The van der Waals surface area contributed by atoms with Gasteiger partial charge in [-0.1, -0.05) is 0 Å². The minimum absolute atomic E-state index is 0. The Labute approximate surface area is 148 Å². The van der Waals surface area contributed by atoms with E-state index in [1.54, 1.807) is 12.1 Å². The standard InChI is InChI=1S/C15H21N3O3.2ClH/c19-13-3-1-12(2-4-13)17-6-8-18(9-7-17)15(20)14-11-16-5-10-21-14;;/h1-4,14,16,19H,5-11H2;2*1H. The molecule has 1 aromatic carbocycles. The Morgan fingerprint density at radius 3 is 2.35 bits per heavy atom. The highest BCUT2D eigenvalue weighted by Gasteiger charge is 2.29. The third kappa shape index (κ3) is 4.88. The highest BCUT2D eigenvalue weighted by atomic mass is 35.5. The second-order valence-corrected chi connectivity index (χ2v) is 5.39. The second kappa shape index (κ2) is 9.17. The van der Waals surface area contributed by atoms with E-state index < -0.39 is 0 Å². The first-order chi connectivity index (χ1) is 10.2. The number of anilines is 1. The number of morpholine rings is 1. The number of hydrogen-bond acceptors (Lipinski definition) is 5. The summed E-state index contributed by atoms with van der Waals surface area (Å²) in [5.41, 5.74) is 1.08. The zero-order chi connectivity index (χ0) is 14.7. The predicted octanol–water partition coefficient (Wildman–Crippen LogP) is 0.873. The van der Waals surface area contributed by atoms with E-state index >= 15 is 0 Å². The molecule has 2 aliphatic rings. The number of hydrogen-bond donors (Lipinski definition) is 2. The van der Waals surface area contributed by atoms with Crippen molar-refractivity contribution in [1.29, 1.82) is 0 Å². The van der Waals surface area contributed by atoms with Gasteiger partial charge in [-0.2, -0.15) is 0 Å². The molecule has 1 aromatic rings. The van der Waals surface area contributed by atoms with Crippen LogP contribution in [-0.2, 0) is 9.53 Å². The van der Waals surface area contributed by atoms with Crippen molar-refractivity contribution < 1.29 is 14.6 Å². The van der Waals surface area contributed by atoms with Crippen molar-refractivity contribution in [3.8, 4) is 5.75 Å². The zero-order valence-corrected chi connectivity index (χ0v) is 14.4. The molecular weight excluding hydrogens is 341 g/mol. The summed E-state index contributed by atoms with van der Waals surface area (Å²) < 4.78 is 5.52. The van der Waals surface area contributed by atoms with Crippen LogP contribution in [0.4, 0.5) is 5.69 Å². The number of rotatable bonds is 2. The highest BCUT2D eigenvalue weighted by Crippen LogP contribution is 2.20. The molecule has 0 bridgehead atoms. The van der Waals surface area contributed by atoms with Crippen molar-refractivity contribution >= 4 is 36.4 Å². The summed E-state index contributed by atoms with van der Waals surface area (Å²) >= 11 is 0. The molecule has 0 saturated carbocycles. The Morgan fingerprint density at radius 2 is 1.78 bits per heavy atom. The quantitative estimate of drug-likeness (QED) is 0.816. The van der Waals surface area contributed by atoms with E-state index in [0.717, 1.165) is 25.3 Å². The molecule has 0 radical (unpaired) electrons. The number of nitrogens with zero attached hydrogens (tertiary/aromatic N) is 2. The molecule has 1 unspecified atom stereocenters. The smallest absolute Gasteiger partial charge is 0.253 e. The summed E-state index contributed by atoms with van der Waals surface area (Å²) in [4.78, 5) is 16.5. The minimum Gasteiger partial charge on any atom is -0.508 e. The zero-order valence-electron chi connectivity index (χ0n) is 12.8. The lowest BCUT2D eigenvalue weighted by atomic mass is 10.2. The molecule has 2 aliphatic heterocycles. The number of amides is 1. The molecule has 8 heteroatoms. The van der Waals surface area contributed by atoms with E-state index in [2.05, 4.69) is 10.2 Å². The molecular formula is C15H23Cl2N3O3. The molecule has 0 aliphatic carbocycles. The summed E-state index contributed by atoms with van der Waals surface area (Å²) in [7, 11) is 0. The van der Waals surface area contributed by atoms with Crippen molar-refractivity contribution in [1.82, 2.24) is 10.2 Å². The fraction of sp³-hybridized carbons (Fsp3) is 0.533. The van der Waals surface area contributed by atoms with E-state index in [9.17, 15) is 9.90 Å². The number of carbonyl (C=O) groups excluding carboxylic acids is 1. The first-order valence-corrected chi connectivity index (χ1v) is 7.39. The Kier molecular flexibility index (Phi) is 7.91. The molecule has 0 aromatic heterocycles. The van der Waals surface area contributed by atoms with E-state index in [1.807, 2.05) is 17.0 Å². The number of phenolic OH excluding ortho intramolecular Hbond substituents is 1. The molecule has 2 heterocycles. The van der Waals surface area contributed by atoms with Gasteiger partial charge in [-0.05, 0) is 24.3 Å². The van der Waals surface area contributed by atoms with Gasteiger partial charge in [0.05, 0.1) is 6.61 Å². The molecule has 1 atom stereocenters. The highest BCUT2D eigenvalue weighted by molar-refractivity contribution is 5.85. The van der Waals surface area contributed by atoms with Gasteiger partial charge in [0.25, 0.3) is 5.91 Å². The molecule has 0 spiro atoms. The van der Waals surface area contributed by atoms with E-state index in [-0.39, 0.29) is 42.6 Å². The number of nitrogens with one attached hydrogen (secondary N) is 1. The molecule has 2 N–H and O–H groups in total. The Balaban J connectivity index is 0.00000132. The molecule has 130 valence electrons. The number of piperazine rings is 1. The molecule has 3 rings (SSSR count). The van der Waals surface area contributed by atoms with Crippen LogP contribution >= 0.6 is 24.8 Å². The second-order valence-electron chi connectivity index (χ2n) is 5.39. The van der Waals surface area contributed by atoms with Crippen LogP contribution in [0.1, 0.15) is 0 Å². The van der Waals surface area contributed by atoms with Gasteiger partial charge in [-0.3, -0.25) is 4.79 Å². The van der Waals surface area contributed by atoms with Crippen molar-refractivity contribution in [3.63, 3.8) is 0 Å². The van der Waals surface area contributed by atoms with Crippen LogP contribution < -0.4 is 10.2 Å². The number of aromatic hydroxyl groups is 1. The van der Waals surface area contributed by atoms with E-state index in [1.165, 1.54) is 0 Å². The number of phenols is 1. The first kappa shape index (κ1) is 19.8. The fourth-order valence-electron chi connectivity index (χ4n) is 2.78. The van der Waals surface area contributed by atoms with Gasteiger partial charge in [-0.15, -0.1) is 24.8 Å². The van der Waals surface area contributed by atoms with Gasteiger partial charge in [0.1, 0.15) is 11.9 Å². The van der Waals surface area contributed by atoms with Crippen LogP contribution in [0.15, 0.2) is 24.3 Å². The average Bonchev–Trinajstić information content (AvgIpc) is 2.56. The molecule has 1 amide bonds. The largest absolute Gasteiger partial charge is 0.508 e. The van der Waals surface area contributed by atoms with Crippen LogP contribution in [0.25, 0.3) is 0 Å². The third-order valence-corrected chi connectivity index (χ3v) is 4.01. The van der Waals surface area contributed by atoms with Gasteiger partial charge in [-0.25, -0.2) is 0 Å². The maximum absolute atomic E-state index is 12.4. The number of carbonyl (C=O) groups is 1. The van der Waals surface area contributed by atoms with Gasteiger partial charge in [0, 0.05) is 45.0 Å². The summed E-state index contributed by atoms with van der Waals surface area (Å²) in [5, 5.41) is 12.5. The SMILES string of the molecule is Cl.Cl.O=C(C1CNCCO1)N1CCN(c2ccc(O)cc2)CC1. The van der Waals surface area contributed by atoms with Crippen LogP contribution in [0.2, 0.25) is 0 Å². The fourth-order valence-corrected chi connectivity index (χ4v) is 2.78. The maximum Gasteiger partial charge on any atom is 0.253 e. The molecule has 2 saturated heterocycles. The van der Waals surface area contributed by atoms with Gasteiger partial charge >= 0.3 is 0 Å². The lowest BCUT2D eigenvalue weighted by Gasteiger charge is -2.38. The van der Waals surface area contributed by atoms with Gasteiger partial charge in [0.15, 0.2) is 0 Å². The van der Waals surface area contributed by atoms with Crippen molar-refractivity contribution in [2.24, 2.45) is 0 Å². The summed E-state index contributed by atoms with van der Waals surface area (Å²) in [6, 6.07) is 7.19. The van der Waals surface area contributed by atoms with E-state index in [0.29, 0.717) is 26.2 Å². The summed E-state index contributed by atoms with van der Waals surface area (Å²) in [6.45, 7) is 5.05. The first-order valence-electron chi connectivity index (χ1n) is 7.39. The van der Waals surface area contributed by atoms with Gasteiger partial charge < -0.3 is 25.0 Å². The topological polar surface area (TPSA) is 65.0 Å². The lowest BCUT2D eigenvalue weighted by molar-refractivity contribution is -0.145. The lowest BCUT2D eigenvalue weighted by Crippen LogP contribution is -2.55. The van der Waals surface area contributed by atoms with Crippen molar-refractivity contribution in [2.45, 2.75) is 6.10 Å². The minimum atomic E-state index is -0.334. The van der Waals surface area contributed by atoms with Crippen LogP contribution in [0.3, 0.4) is 0 Å². The number of ether oxygens (including phenoxy) is 1. The van der Waals surface area contributed by atoms with Crippen molar-refractivity contribution in [2.75, 3.05) is 50.8 Å². The Hall–Kier alpha value is -1.21. The maximum atomic E-state index is 12.4. The third-order valence-electron chi connectivity index (χ3n) is 4.01. The number of benzene rings is 1. The van der Waals surface area contributed by atoms with E-state index in [4.69, 9.17) is 4.74 Å². The monoisotopic (exact) mass is 363 g/mol.